The molecule has 3 N–H and O–H groups in total. The third-order valence-corrected chi connectivity index (χ3v) is 4.73. The van der Waals surface area contributed by atoms with E-state index in [4.69, 9.17) is 15.2 Å². The lowest BCUT2D eigenvalue weighted by molar-refractivity contribution is -0.120. The number of methoxy groups -OCH3 is 2. The maximum atomic E-state index is 12.2. The van der Waals surface area contributed by atoms with Crippen molar-refractivity contribution < 1.29 is 22.7 Å². The predicted octanol–water partition coefficient (Wildman–Crippen LogP) is 0.333. The molecule has 0 fully saturated rings. The van der Waals surface area contributed by atoms with E-state index in [1.807, 2.05) is 0 Å². The van der Waals surface area contributed by atoms with Gasteiger partial charge in [-0.05, 0) is 25.1 Å². The van der Waals surface area contributed by atoms with Crippen molar-refractivity contribution >= 4 is 15.7 Å². The molecule has 8 heteroatoms. The maximum absolute atomic E-state index is 12.2. The molecule has 0 bridgehead atoms. The maximum Gasteiger partial charge on any atom is 0.221 e. The first-order valence-electron chi connectivity index (χ1n) is 6.86. The molecule has 0 atom stereocenters. The summed E-state index contributed by atoms with van der Waals surface area (Å²) in [6.07, 6.45) is 0.565. The number of ether oxygens (including phenoxy) is 2. The Balaban J connectivity index is 2.72. The molecule has 7 nitrogen and oxygen atoms in total. The third-order valence-electron chi connectivity index (χ3n) is 3.02. The van der Waals surface area contributed by atoms with Gasteiger partial charge in [0, 0.05) is 19.0 Å². The van der Waals surface area contributed by atoms with E-state index in [0.717, 1.165) is 0 Å². The topological polar surface area (TPSA) is 108 Å². The number of sulfone groups is 1. The molecular formula is C14H22N2O5S. The molecule has 22 heavy (non-hydrogen) atoms. The van der Waals surface area contributed by atoms with Gasteiger partial charge in [0.25, 0.3) is 0 Å². The van der Waals surface area contributed by atoms with Crippen LogP contribution in [0.3, 0.4) is 0 Å². The Kier molecular flexibility index (Phi) is 7.13. The molecule has 1 amide bonds. The highest BCUT2D eigenvalue weighted by molar-refractivity contribution is 7.91. The van der Waals surface area contributed by atoms with Gasteiger partial charge in [0.1, 0.15) is 0 Å². The Labute approximate surface area is 130 Å². The van der Waals surface area contributed by atoms with Crippen LogP contribution in [0.25, 0.3) is 0 Å². The van der Waals surface area contributed by atoms with Crippen LogP contribution in [0, 0.1) is 0 Å². The van der Waals surface area contributed by atoms with Crippen LogP contribution in [0.1, 0.15) is 12.8 Å². The van der Waals surface area contributed by atoms with Crippen molar-refractivity contribution in [2.45, 2.75) is 17.7 Å². The van der Waals surface area contributed by atoms with Gasteiger partial charge in [-0.3, -0.25) is 4.79 Å². The minimum Gasteiger partial charge on any atom is -0.493 e. The molecule has 0 heterocycles. The molecule has 124 valence electrons. The largest absolute Gasteiger partial charge is 0.493 e. The van der Waals surface area contributed by atoms with Gasteiger partial charge < -0.3 is 20.5 Å². The number of amides is 1. The zero-order valence-corrected chi connectivity index (χ0v) is 13.6. The molecular weight excluding hydrogens is 308 g/mol. The van der Waals surface area contributed by atoms with Crippen molar-refractivity contribution in [3.05, 3.63) is 18.2 Å². The van der Waals surface area contributed by atoms with E-state index in [1.165, 1.54) is 32.4 Å². The van der Waals surface area contributed by atoms with Crippen LogP contribution in [0.4, 0.5) is 0 Å². The van der Waals surface area contributed by atoms with Crippen LogP contribution < -0.4 is 20.5 Å². The fraction of sp³-hybridized carbons (Fsp3) is 0.500. The predicted molar refractivity (Wildman–Crippen MR) is 82.9 cm³/mol. The first-order chi connectivity index (χ1) is 10.4. The fourth-order valence-corrected chi connectivity index (χ4v) is 3.02. The summed E-state index contributed by atoms with van der Waals surface area (Å²) < 4.78 is 34.6. The fourth-order valence-electron chi connectivity index (χ4n) is 1.77. The van der Waals surface area contributed by atoms with E-state index >= 15 is 0 Å². The van der Waals surface area contributed by atoms with Crippen LogP contribution in [-0.4, -0.2) is 47.4 Å². The smallest absolute Gasteiger partial charge is 0.221 e. The van der Waals surface area contributed by atoms with Crippen LogP contribution >= 0.6 is 0 Å². The summed E-state index contributed by atoms with van der Waals surface area (Å²) in [5, 5.41) is 2.62. The number of hydrogen-bond acceptors (Lipinski definition) is 6. The van der Waals surface area contributed by atoms with Crippen molar-refractivity contribution in [3.8, 4) is 11.5 Å². The number of carbonyl (C=O) groups is 1. The van der Waals surface area contributed by atoms with E-state index in [9.17, 15) is 13.2 Å². The molecule has 0 saturated carbocycles. The molecule has 0 saturated heterocycles. The SMILES string of the molecule is COc1ccc(S(=O)(=O)CCC(=O)NCCCN)cc1OC. The lowest BCUT2D eigenvalue weighted by Gasteiger charge is -2.10. The highest BCUT2D eigenvalue weighted by Crippen LogP contribution is 2.29. The Bertz CT molecular complexity index is 601. The van der Waals surface area contributed by atoms with Crippen LogP contribution in [-0.2, 0) is 14.6 Å². The second kappa shape index (κ2) is 8.60. The summed E-state index contributed by atoms with van der Waals surface area (Å²) in [6, 6.07) is 4.34. The van der Waals surface area contributed by atoms with E-state index in [2.05, 4.69) is 5.32 Å². The van der Waals surface area contributed by atoms with Crippen LogP contribution in [0.15, 0.2) is 23.1 Å². The van der Waals surface area contributed by atoms with E-state index in [-0.39, 0.29) is 23.0 Å². The van der Waals surface area contributed by atoms with Gasteiger partial charge in [-0.25, -0.2) is 8.42 Å². The Morgan fingerprint density at radius 1 is 1.23 bits per heavy atom. The average Bonchev–Trinajstić information content (AvgIpc) is 2.52. The second-order valence-corrected chi connectivity index (χ2v) is 6.69. The molecule has 1 rings (SSSR count). The highest BCUT2D eigenvalue weighted by atomic mass is 32.2. The summed E-state index contributed by atoms with van der Waals surface area (Å²) in [7, 11) is -0.665. The molecule has 1 aromatic carbocycles. The number of hydrogen-bond donors (Lipinski definition) is 2. The number of carbonyl (C=O) groups excluding carboxylic acids is 1. The zero-order valence-electron chi connectivity index (χ0n) is 12.8. The monoisotopic (exact) mass is 330 g/mol. The Hall–Kier alpha value is -1.80. The second-order valence-electron chi connectivity index (χ2n) is 4.58. The Morgan fingerprint density at radius 3 is 2.50 bits per heavy atom. The van der Waals surface area contributed by atoms with Gasteiger partial charge in [-0.1, -0.05) is 0 Å². The number of benzene rings is 1. The Morgan fingerprint density at radius 2 is 1.91 bits per heavy atom. The van der Waals surface area contributed by atoms with Gasteiger partial charge in [0.2, 0.25) is 5.91 Å². The molecule has 0 radical (unpaired) electrons. The van der Waals surface area contributed by atoms with Crippen molar-refractivity contribution in [1.29, 1.82) is 0 Å². The van der Waals surface area contributed by atoms with Gasteiger partial charge in [0.05, 0.1) is 24.9 Å². The minimum absolute atomic E-state index is 0.0960. The number of nitrogens with one attached hydrogen (secondary N) is 1. The summed E-state index contributed by atoms with van der Waals surface area (Å²) in [5.74, 6) is 0.200. The van der Waals surface area contributed by atoms with Gasteiger partial charge in [-0.2, -0.15) is 0 Å². The summed E-state index contributed by atoms with van der Waals surface area (Å²) >= 11 is 0. The first-order valence-corrected chi connectivity index (χ1v) is 8.51. The molecule has 0 aliphatic carbocycles. The standard InChI is InChI=1S/C14H22N2O5S/c1-20-12-5-4-11(10-13(12)21-2)22(18,19)9-6-14(17)16-8-3-7-15/h4-5,10H,3,6-9,15H2,1-2H3,(H,16,17). The summed E-state index contributed by atoms with van der Waals surface area (Å²) in [5.41, 5.74) is 5.32. The lowest BCUT2D eigenvalue weighted by Crippen LogP contribution is -2.27. The van der Waals surface area contributed by atoms with E-state index < -0.39 is 9.84 Å². The van der Waals surface area contributed by atoms with Crippen molar-refractivity contribution in [1.82, 2.24) is 5.32 Å². The molecule has 0 unspecified atom stereocenters. The molecule has 0 aliphatic heterocycles. The van der Waals surface area contributed by atoms with Gasteiger partial charge in [0.15, 0.2) is 21.3 Å². The first kappa shape index (κ1) is 18.2. The molecule has 1 aromatic rings. The number of nitrogens with two attached hydrogens (primary N) is 1. The lowest BCUT2D eigenvalue weighted by atomic mass is 10.3. The molecule has 0 aromatic heterocycles. The third kappa shape index (κ3) is 5.19. The summed E-state index contributed by atoms with van der Waals surface area (Å²) in [4.78, 5) is 11.7. The zero-order chi connectivity index (χ0) is 16.6. The highest BCUT2D eigenvalue weighted by Gasteiger charge is 2.18. The van der Waals surface area contributed by atoms with Gasteiger partial charge >= 0.3 is 0 Å². The molecule has 0 spiro atoms. The molecule has 0 aliphatic rings. The van der Waals surface area contributed by atoms with E-state index in [1.54, 1.807) is 0 Å². The van der Waals surface area contributed by atoms with Crippen molar-refractivity contribution in [2.24, 2.45) is 5.73 Å². The average molecular weight is 330 g/mol. The van der Waals surface area contributed by atoms with Crippen LogP contribution in [0.5, 0.6) is 11.5 Å². The minimum atomic E-state index is -3.56. The van der Waals surface area contributed by atoms with Crippen LogP contribution in [0.2, 0.25) is 0 Å². The van der Waals surface area contributed by atoms with Crippen molar-refractivity contribution in [3.63, 3.8) is 0 Å². The summed E-state index contributed by atoms with van der Waals surface area (Å²) in [6.45, 7) is 0.927. The van der Waals surface area contributed by atoms with E-state index in [0.29, 0.717) is 31.0 Å². The van der Waals surface area contributed by atoms with Gasteiger partial charge in [-0.15, -0.1) is 0 Å². The normalized spacial score (nSPS) is 11.0. The number of rotatable bonds is 9. The quantitative estimate of drug-likeness (QED) is 0.632. The van der Waals surface area contributed by atoms with Crippen molar-refractivity contribution in [2.75, 3.05) is 33.1 Å².